The van der Waals surface area contributed by atoms with Crippen molar-refractivity contribution in [1.29, 1.82) is 0 Å². The second kappa shape index (κ2) is 10.4. The van der Waals surface area contributed by atoms with Crippen LogP contribution in [-0.2, 0) is 23.8 Å². The predicted octanol–water partition coefficient (Wildman–Crippen LogP) is 4.11. The summed E-state index contributed by atoms with van der Waals surface area (Å²) in [6.07, 6.45) is 7.25. The number of esters is 2. The molecule has 0 aromatic rings. The number of hydrogen-bond donors (Lipinski definition) is 0. The van der Waals surface area contributed by atoms with Crippen molar-refractivity contribution in [3.63, 3.8) is 0 Å². The molecule has 5 heteroatoms. The minimum Gasteiger partial charge on any atom is -0.462 e. The third-order valence-corrected chi connectivity index (χ3v) is 4.25. The normalized spacial score (nSPS) is 19.1. The van der Waals surface area contributed by atoms with E-state index in [-0.39, 0.29) is 23.6 Å². The topological polar surface area (TPSA) is 65.1 Å². The van der Waals surface area contributed by atoms with Crippen LogP contribution in [0.25, 0.3) is 0 Å². The molecule has 1 unspecified atom stereocenters. The van der Waals surface area contributed by atoms with Crippen molar-refractivity contribution in [2.45, 2.75) is 77.4 Å². The molecule has 0 aromatic carbocycles. The highest BCUT2D eigenvalue weighted by atomic mass is 16.6. The van der Waals surface area contributed by atoms with E-state index in [0.717, 1.165) is 32.3 Å². The van der Waals surface area contributed by atoms with Gasteiger partial charge in [-0.15, -0.1) is 0 Å². The quantitative estimate of drug-likeness (QED) is 0.256. The molecule has 1 saturated heterocycles. The molecule has 0 aromatic heterocycles. The Bertz CT molecular complexity index is 486. The SMILES string of the molecule is C=C(C)C(=O)OC1(C2CO2)CC1.C=C(CC)C(=O)OCCCCCC. The smallest absolute Gasteiger partial charge is 0.333 e. The van der Waals surface area contributed by atoms with Gasteiger partial charge in [-0.2, -0.15) is 0 Å². The van der Waals surface area contributed by atoms with Gasteiger partial charge >= 0.3 is 11.9 Å². The molecule has 1 aliphatic carbocycles. The lowest BCUT2D eigenvalue weighted by Crippen LogP contribution is -2.25. The fourth-order valence-electron chi connectivity index (χ4n) is 2.18. The maximum absolute atomic E-state index is 11.2. The summed E-state index contributed by atoms with van der Waals surface area (Å²) in [5.41, 5.74) is 0.758. The van der Waals surface area contributed by atoms with Crippen LogP contribution >= 0.6 is 0 Å². The van der Waals surface area contributed by atoms with Crippen LogP contribution in [0.2, 0.25) is 0 Å². The average molecular weight is 352 g/mol. The Morgan fingerprint density at radius 1 is 1.12 bits per heavy atom. The minimum absolute atomic E-state index is 0.167. The number of carbonyl (C=O) groups excluding carboxylic acids is 2. The van der Waals surface area contributed by atoms with Gasteiger partial charge in [0.15, 0.2) is 0 Å². The van der Waals surface area contributed by atoms with E-state index in [2.05, 4.69) is 20.1 Å². The maximum Gasteiger partial charge on any atom is 0.333 e. The fourth-order valence-corrected chi connectivity index (χ4v) is 2.18. The van der Waals surface area contributed by atoms with Crippen LogP contribution in [0.3, 0.4) is 0 Å². The van der Waals surface area contributed by atoms with Crippen LogP contribution in [0, 0.1) is 0 Å². The van der Waals surface area contributed by atoms with E-state index in [4.69, 9.17) is 14.2 Å². The lowest BCUT2D eigenvalue weighted by atomic mass is 10.2. The molecule has 0 amide bonds. The Morgan fingerprint density at radius 2 is 1.76 bits per heavy atom. The van der Waals surface area contributed by atoms with Crippen LogP contribution in [0.4, 0.5) is 0 Å². The van der Waals surface area contributed by atoms with Gasteiger partial charge in [-0.3, -0.25) is 0 Å². The Labute approximate surface area is 151 Å². The van der Waals surface area contributed by atoms with Crippen molar-refractivity contribution in [2.75, 3.05) is 13.2 Å². The lowest BCUT2D eigenvalue weighted by molar-refractivity contribution is -0.147. The van der Waals surface area contributed by atoms with Gasteiger partial charge in [0.1, 0.15) is 11.7 Å². The van der Waals surface area contributed by atoms with E-state index in [9.17, 15) is 9.59 Å². The molecule has 1 saturated carbocycles. The van der Waals surface area contributed by atoms with Crippen LogP contribution in [-0.4, -0.2) is 36.9 Å². The molecular weight excluding hydrogens is 320 g/mol. The van der Waals surface area contributed by atoms with E-state index in [1.54, 1.807) is 6.92 Å². The number of unbranched alkanes of at least 4 members (excludes halogenated alkanes) is 3. The van der Waals surface area contributed by atoms with Crippen molar-refractivity contribution < 1.29 is 23.8 Å². The molecule has 0 spiro atoms. The molecule has 1 atom stereocenters. The monoisotopic (exact) mass is 352 g/mol. The summed E-state index contributed by atoms with van der Waals surface area (Å²) in [4.78, 5) is 22.2. The summed E-state index contributed by atoms with van der Waals surface area (Å²) in [5, 5.41) is 0. The first kappa shape index (κ1) is 21.4. The Hall–Kier alpha value is -1.62. The number of ether oxygens (including phenoxy) is 3. The summed E-state index contributed by atoms with van der Waals surface area (Å²) in [6, 6.07) is 0. The molecule has 1 aliphatic heterocycles. The van der Waals surface area contributed by atoms with Crippen molar-refractivity contribution in [2.24, 2.45) is 0 Å². The summed E-state index contributed by atoms with van der Waals surface area (Å²) >= 11 is 0. The highest BCUT2D eigenvalue weighted by molar-refractivity contribution is 5.87. The fraction of sp³-hybridized carbons (Fsp3) is 0.700. The number of hydrogen-bond acceptors (Lipinski definition) is 5. The van der Waals surface area contributed by atoms with Crippen LogP contribution in [0.1, 0.15) is 65.7 Å². The minimum atomic E-state index is -0.289. The van der Waals surface area contributed by atoms with E-state index in [1.807, 2.05) is 6.92 Å². The van der Waals surface area contributed by atoms with Gasteiger partial charge in [0.2, 0.25) is 0 Å². The summed E-state index contributed by atoms with van der Waals surface area (Å²) < 4.78 is 15.4. The molecule has 5 nitrogen and oxygen atoms in total. The molecule has 1 heterocycles. The summed E-state index contributed by atoms with van der Waals surface area (Å²) in [5.74, 6) is -0.526. The van der Waals surface area contributed by atoms with Gasteiger partial charge in [-0.1, -0.05) is 46.3 Å². The number of carbonyl (C=O) groups is 2. The Balaban J connectivity index is 0.000000250. The van der Waals surface area contributed by atoms with E-state index < -0.39 is 0 Å². The molecule has 142 valence electrons. The van der Waals surface area contributed by atoms with Gasteiger partial charge in [-0.05, 0) is 32.6 Å². The van der Waals surface area contributed by atoms with Gasteiger partial charge in [0.05, 0.1) is 13.2 Å². The van der Waals surface area contributed by atoms with E-state index in [0.29, 0.717) is 24.2 Å². The standard InChI is InChI=1S/C11H20O2.C9H12O3/c1-4-6-7-8-9-13-11(12)10(3)5-2;1-6(2)8(10)12-9(3-4-9)7-5-11-7/h3-9H2,1-2H3;7H,1,3-5H2,2H3. The van der Waals surface area contributed by atoms with E-state index >= 15 is 0 Å². The Kier molecular flexibility index (Phi) is 8.90. The zero-order chi connectivity index (χ0) is 18.9. The zero-order valence-corrected chi connectivity index (χ0v) is 15.9. The molecule has 0 N–H and O–H groups in total. The third-order valence-electron chi connectivity index (χ3n) is 4.25. The van der Waals surface area contributed by atoms with Crippen LogP contribution < -0.4 is 0 Å². The van der Waals surface area contributed by atoms with Crippen molar-refractivity contribution in [1.82, 2.24) is 0 Å². The van der Waals surface area contributed by atoms with E-state index in [1.165, 1.54) is 12.8 Å². The molecule has 25 heavy (non-hydrogen) atoms. The first-order valence-electron chi connectivity index (χ1n) is 9.21. The largest absolute Gasteiger partial charge is 0.462 e. The molecular formula is C20H32O5. The van der Waals surface area contributed by atoms with Gasteiger partial charge < -0.3 is 14.2 Å². The first-order valence-corrected chi connectivity index (χ1v) is 9.21. The summed E-state index contributed by atoms with van der Waals surface area (Å²) in [7, 11) is 0. The van der Waals surface area contributed by atoms with Crippen LogP contribution in [0.5, 0.6) is 0 Å². The van der Waals surface area contributed by atoms with Crippen molar-refractivity contribution in [3.05, 3.63) is 24.3 Å². The summed E-state index contributed by atoms with van der Waals surface area (Å²) in [6.45, 7) is 14.1. The maximum atomic E-state index is 11.2. The molecule has 0 bridgehead atoms. The molecule has 2 fully saturated rings. The second-order valence-electron chi connectivity index (χ2n) is 6.71. The van der Waals surface area contributed by atoms with Crippen molar-refractivity contribution >= 4 is 11.9 Å². The predicted molar refractivity (Wildman–Crippen MR) is 97.1 cm³/mol. The zero-order valence-electron chi connectivity index (χ0n) is 15.9. The van der Waals surface area contributed by atoms with Gasteiger partial charge in [0.25, 0.3) is 0 Å². The molecule has 2 aliphatic rings. The van der Waals surface area contributed by atoms with Gasteiger partial charge in [-0.25, -0.2) is 9.59 Å². The highest BCUT2D eigenvalue weighted by Gasteiger charge is 2.59. The lowest BCUT2D eigenvalue weighted by Gasteiger charge is -2.13. The van der Waals surface area contributed by atoms with Crippen LogP contribution in [0.15, 0.2) is 24.3 Å². The highest BCUT2D eigenvalue weighted by Crippen LogP contribution is 2.48. The van der Waals surface area contributed by atoms with Crippen molar-refractivity contribution in [3.8, 4) is 0 Å². The molecule has 0 radical (unpaired) electrons. The Morgan fingerprint density at radius 3 is 2.20 bits per heavy atom. The second-order valence-corrected chi connectivity index (χ2v) is 6.71. The number of rotatable bonds is 10. The first-order chi connectivity index (χ1) is 11.9. The third kappa shape index (κ3) is 7.86. The molecule has 2 rings (SSSR count). The number of epoxide rings is 1. The van der Waals surface area contributed by atoms with Gasteiger partial charge in [0, 0.05) is 11.1 Å². The average Bonchev–Trinajstić information content (AvgIpc) is 3.47.